The summed E-state index contributed by atoms with van der Waals surface area (Å²) in [7, 11) is 0. The lowest BCUT2D eigenvalue weighted by molar-refractivity contribution is -0.142. The minimum atomic E-state index is -1.11. The van der Waals surface area contributed by atoms with Gasteiger partial charge in [0, 0.05) is 37.6 Å². The standard InChI is InChI=1S/C31H37Cl2FN6O3/c32-24-10-9-22(17-25(24)33)21-7-5-20(6-8-21)16-26(31(42)43)38-30(41)23-4-3-14-40(18-23)29-27(34)28(36-19-37-29)35-11-15-39-12-1-2-13-39/h5-8,17,19,23,26H,1-4,9-16,18H2,(H,38,41)(H,42,43)(H,35,36,37)/t23?,26-/m0/s1. The number of amides is 1. The van der Waals surface area contributed by atoms with Crippen LogP contribution in [0.15, 0.2) is 46.7 Å². The molecule has 12 heteroatoms. The average Bonchev–Trinajstić information content (AvgIpc) is 3.53. The molecular weight excluding hydrogens is 594 g/mol. The van der Waals surface area contributed by atoms with Crippen molar-refractivity contribution in [1.82, 2.24) is 20.2 Å². The van der Waals surface area contributed by atoms with Crippen LogP contribution in [-0.2, 0) is 16.0 Å². The predicted octanol–water partition coefficient (Wildman–Crippen LogP) is 5.02. The van der Waals surface area contributed by atoms with Gasteiger partial charge in [0.25, 0.3) is 0 Å². The number of piperidine rings is 1. The first-order valence-corrected chi connectivity index (χ1v) is 15.6. The second kappa shape index (κ2) is 14.5. The van der Waals surface area contributed by atoms with Crippen molar-refractivity contribution in [3.8, 4) is 0 Å². The molecule has 1 amide bonds. The normalized spacial score (nSPS) is 20.1. The first-order chi connectivity index (χ1) is 20.8. The number of carbonyl (C=O) groups excluding carboxylic acids is 1. The molecule has 0 radical (unpaired) electrons. The molecule has 9 nitrogen and oxygen atoms in total. The number of aliphatic carboxylic acids is 1. The van der Waals surface area contributed by atoms with Crippen molar-refractivity contribution < 1.29 is 19.1 Å². The summed E-state index contributed by atoms with van der Waals surface area (Å²) in [5.41, 5.74) is 2.84. The van der Waals surface area contributed by atoms with E-state index in [1.54, 1.807) is 4.90 Å². The average molecular weight is 632 g/mol. The number of nitrogens with one attached hydrogen (secondary N) is 2. The number of nitrogens with zero attached hydrogens (tertiary/aromatic N) is 4. The summed E-state index contributed by atoms with van der Waals surface area (Å²) in [6.07, 6.45) is 8.39. The highest BCUT2D eigenvalue weighted by Crippen LogP contribution is 2.34. The summed E-state index contributed by atoms with van der Waals surface area (Å²) in [5, 5.41) is 16.9. The zero-order chi connectivity index (χ0) is 30.3. The van der Waals surface area contributed by atoms with Gasteiger partial charge in [-0.15, -0.1) is 0 Å². The molecule has 2 fully saturated rings. The van der Waals surface area contributed by atoms with Crippen LogP contribution in [0.3, 0.4) is 0 Å². The van der Waals surface area contributed by atoms with Crippen LogP contribution in [0.2, 0.25) is 0 Å². The highest BCUT2D eigenvalue weighted by Gasteiger charge is 2.31. The van der Waals surface area contributed by atoms with Crippen LogP contribution in [0.4, 0.5) is 16.0 Å². The van der Waals surface area contributed by atoms with Gasteiger partial charge in [-0.2, -0.15) is 4.39 Å². The van der Waals surface area contributed by atoms with Gasteiger partial charge in [-0.25, -0.2) is 14.8 Å². The van der Waals surface area contributed by atoms with Crippen molar-refractivity contribution >= 4 is 52.3 Å². The van der Waals surface area contributed by atoms with Gasteiger partial charge in [0.1, 0.15) is 12.4 Å². The van der Waals surface area contributed by atoms with Crippen LogP contribution < -0.4 is 15.5 Å². The van der Waals surface area contributed by atoms with Crippen LogP contribution in [0, 0.1) is 11.7 Å². The summed E-state index contributed by atoms with van der Waals surface area (Å²) in [4.78, 5) is 37.7. The van der Waals surface area contributed by atoms with Gasteiger partial charge in [0.2, 0.25) is 11.7 Å². The quantitative estimate of drug-likeness (QED) is 0.317. The van der Waals surface area contributed by atoms with Gasteiger partial charge in [0.15, 0.2) is 11.6 Å². The largest absolute Gasteiger partial charge is 0.480 e. The first-order valence-electron chi connectivity index (χ1n) is 14.9. The van der Waals surface area contributed by atoms with Gasteiger partial charge >= 0.3 is 5.97 Å². The Labute approximate surface area is 261 Å². The van der Waals surface area contributed by atoms with E-state index in [4.69, 9.17) is 23.2 Å². The Balaban J connectivity index is 1.18. The molecule has 1 aromatic heterocycles. The third kappa shape index (κ3) is 8.04. The van der Waals surface area contributed by atoms with Crippen molar-refractivity contribution in [3.05, 3.63) is 63.7 Å². The lowest BCUT2D eigenvalue weighted by Crippen LogP contribution is -2.49. The summed E-state index contributed by atoms with van der Waals surface area (Å²) in [6.45, 7) is 4.31. The molecule has 2 aromatic rings. The second-order valence-electron chi connectivity index (χ2n) is 11.3. The Morgan fingerprint density at radius 3 is 2.56 bits per heavy atom. The third-order valence-corrected chi connectivity index (χ3v) is 9.16. The number of carboxylic acid groups (broad SMARTS) is 1. The van der Waals surface area contributed by atoms with Gasteiger partial charge in [0.05, 0.1) is 11.0 Å². The Kier molecular flexibility index (Phi) is 10.5. The summed E-state index contributed by atoms with van der Waals surface area (Å²) in [5.74, 6) is -2.21. The Hall–Kier alpha value is -3.21. The van der Waals surface area contributed by atoms with E-state index in [1.165, 1.54) is 19.2 Å². The van der Waals surface area contributed by atoms with Crippen molar-refractivity contribution in [2.75, 3.05) is 49.5 Å². The second-order valence-corrected chi connectivity index (χ2v) is 12.2. The number of carbonyl (C=O) groups is 2. The van der Waals surface area contributed by atoms with Crippen LogP contribution in [0.25, 0.3) is 5.57 Å². The molecular formula is C31H37Cl2FN6O3. The Morgan fingerprint density at radius 1 is 1.07 bits per heavy atom. The maximum atomic E-state index is 15.4. The van der Waals surface area contributed by atoms with Crippen LogP contribution in [-0.4, -0.2) is 77.2 Å². The van der Waals surface area contributed by atoms with E-state index >= 15 is 4.39 Å². The van der Waals surface area contributed by atoms with E-state index in [-0.39, 0.29) is 30.5 Å². The van der Waals surface area contributed by atoms with E-state index in [2.05, 4.69) is 25.5 Å². The minimum absolute atomic E-state index is 0.135. The smallest absolute Gasteiger partial charge is 0.326 e. The van der Waals surface area contributed by atoms with Crippen LogP contribution >= 0.6 is 23.2 Å². The molecule has 3 aliphatic rings. The molecule has 0 bridgehead atoms. The number of rotatable bonds is 11. The molecule has 0 spiro atoms. The number of hydrogen-bond acceptors (Lipinski definition) is 7. The monoisotopic (exact) mass is 630 g/mol. The number of benzene rings is 1. The molecule has 1 unspecified atom stereocenters. The van der Waals surface area contributed by atoms with Crippen molar-refractivity contribution in [2.45, 2.75) is 51.0 Å². The molecule has 43 heavy (non-hydrogen) atoms. The Morgan fingerprint density at radius 2 is 1.84 bits per heavy atom. The highest BCUT2D eigenvalue weighted by atomic mass is 35.5. The third-order valence-electron chi connectivity index (χ3n) is 8.34. The number of carboxylic acids is 1. The van der Waals surface area contributed by atoms with Crippen molar-refractivity contribution in [2.24, 2.45) is 5.92 Å². The number of halogens is 3. The van der Waals surface area contributed by atoms with Gasteiger partial charge in [-0.05, 0) is 74.4 Å². The molecule has 2 atom stereocenters. The van der Waals surface area contributed by atoms with E-state index in [0.29, 0.717) is 42.4 Å². The highest BCUT2D eigenvalue weighted by molar-refractivity contribution is 6.40. The van der Waals surface area contributed by atoms with E-state index in [9.17, 15) is 14.7 Å². The molecule has 2 saturated heterocycles. The minimum Gasteiger partial charge on any atom is -0.480 e. The van der Waals surface area contributed by atoms with Gasteiger partial charge in [-0.3, -0.25) is 4.79 Å². The lowest BCUT2D eigenvalue weighted by Gasteiger charge is -2.33. The fourth-order valence-corrected chi connectivity index (χ4v) is 6.28. The van der Waals surface area contributed by atoms with Crippen molar-refractivity contribution in [3.63, 3.8) is 0 Å². The summed E-state index contributed by atoms with van der Waals surface area (Å²) < 4.78 is 15.4. The molecule has 230 valence electrons. The zero-order valence-electron chi connectivity index (χ0n) is 24.0. The molecule has 1 aromatic carbocycles. The number of anilines is 2. The number of allylic oxidation sites excluding steroid dienone is 4. The molecule has 5 rings (SSSR count). The van der Waals surface area contributed by atoms with Crippen LogP contribution in [0.5, 0.6) is 0 Å². The maximum absolute atomic E-state index is 15.4. The molecule has 3 heterocycles. The molecule has 0 saturated carbocycles. The van der Waals surface area contributed by atoms with Gasteiger partial charge in [-0.1, -0.05) is 47.5 Å². The number of hydrogen-bond donors (Lipinski definition) is 3. The Bertz CT molecular complexity index is 1380. The predicted molar refractivity (Wildman–Crippen MR) is 167 cm³/mol. The van der Waals surface area contributed by atoms with Gasteiger partial charge < -0.3 is 25.5 Å². The summed E-state index contributed by atoms with van der Waals surface area (Å²) in [6, 6.07) is 6.49. The van der Waals surface area contributed by atoms with E-state index < -0.39 is 23.7 Å². The number of likely N-dealkylation sites (tertiary alicyclic amines) is 1. The lowest BCUT2D eigenvalue weighted by atomic mass is 9.94. The first kappa shape index (κ1) is 31.2. The molecule has 3 N–H and O–H groups in total. The number of aromatic nitrogens is 2. The van der Waals surface area contributed by atoms with E-state index in [0.717, 1.165) is 42.8 Å². The topological polar surface area (TPSA) is 111 Å². The molecule has 1 aliphatic carbocycles. The van der Waals surface area contributed by atoms with E-state index in [1.807, 2.05) is 30.3 Å². The zero-order valence-corrected chi connectivity index (χ0v) is 25.5. The SMILES string of the molecule is O=C(N[C@@H](Cc1ccc(C2=CC(Cl)=C(Cl)CC2)cc1)C(=O)O)C1CCCN(c2ncnc(NCCN3CCCC3)c2F)C1. The fraction of sp³-hybridized carbons (Fsp3) is 0.484. The summed E-state index contributed by atoms with van der Waals surface area (Å²) >= 11 is 12.3. The van der Waals surface area contributed by atoms with Crippen LogP contribution in [0.1, 0.15) is 49.7 Å². The van der Waals surface area contributed by atoms with Crippen molar-refractivity contribution in [1.29, 1.82) is 0 Å². The molecule has 2 aliphatic heterocycles. The fourth-order valence-electron chi connectivity index (χ4n) is 5.90. The maximum Gasteiger partial charge on any atom is 0.326 e.